The van der Waals surface area contributed by atoms with Crippen LogP contribution >= 0.6 is 0 Å². The minimum Gasteiger partial charge on any atom is -0.456 e. The molecule has 2 nitrogen and oxygen atoms in total. The van der Waals surface area contributed by atoms with Crippen molar-refractivity contribution in [2.75, 3.05) is 6.54 Å². The van der Waals surface area contributed by atoms with Crippen LogP contribution in [0.15, 0.2) is 46.9 Å². The topological polar surface area (TPSA) is 39.2 Å². The van der Waals surface area contributed by atoms with Crippen molar-refractivity contribution in [3.8, 4) is 0 Å². The average Bonchev–Trinajstić information content (AvgIpc) is 2.74. The first-order valence-corrected chi connectivity index (χ1v) is 5.99. The van der Waals surface area contributed by atoms with Crippen LogP contribution in [0.4, 0.5) is 0 Å². The van der Waals surface area contributed by atoms with Crippen LogP contribution in [0.2, 0.25) is 0 Å². The molecular weight excluding hydrogens is 210 g/mol. The van der Waals surface area contributed by atoms with Crippen molar-refractivity contribution in [2.24, 2.45) is 5.73 Å². The van der Waals surface area contributed by atoms with Crippen LogP contribution in [-0.4, -0.2) is 6.54 Å². The summed E-state index contributed by atoms with van der Waals surface area (Å²) in [4.78, 5) is 0. The second-order valence-corrected chi connectivity index (χ2v) is 4.32. The lowest BCUT2D eigenvalue weighted by molar-refractivity contribution is 0.668. The van der Waals surface area contributed by atoms with Gasteiger partial charge in [0.2, 0.25) is 0 Å². The Morgan fingerprint density at radius 3 is 2.65 bits per heavy atom. The van der Waals surface area contributed by atoms with E-state index in [0.717, 1.165) is 30.6 Å². The zero-order valence-electron chi connectivity index (χ0n) is 9.65. The molecular formula is C15H15NO. The normalized spacial score (nSPS) is 11.4. The molecule has 0 saturated carbocycles. The third-order valence-corrected chi connectivity index (χ3v) is 3.11. The molecule has 0 fully saturated rings. The van der Waals surface area contributed by atoms with Gasteiger partial charge < -0.3 is 10.2 Å². The second kappa shape index (κ2) is 4.22. The summed E-state index contributed by atoms with van der Waals surface area (Å²) in [6, 6.07) is 14.6. The predicted molar refractivity (Wildman–Crippen MR) is 71.1 cm³/mol. The summed E-state index contributed by atoms with van der Waals surface area (Å²) in [6.45, 7) is 0.740. The van der Waals surface area contributed by atoms with E-state index in [1.165, 1.54) is 16.3 Å². The van der Waals surface area contributed by atoms with Crippen molar-refractivity contribution < 1.29 is 4.42 Å². The van der Waals surface area contributed by atoms with Gasteiger partial charge in [0.05, 0.1) is 0 Å². The van der Waals surface area contributed by atoms with Crippen molar-refractivity contribution >= 4 is 21.9 Å². The Hall–Kier alpha value is -1.80. The molecule has 2 aromatic carbocycles. The van der Waals surface area contributed by atoms with E-state index >= 15 is 0 Å². The lowest BCUT2D eigenvalue weighted by atomic mass is 10.1. The molecule has 2 heteroatoms. The van der Waals surface area contributed by atoms with E-state index < -0.39 is 0 Å². The van der Waals surface area contributed by atoms with Crippen LogP contribution in [-0.2, 0) is 6.42 Å². The number of hydrogen-bond acceptors (Lipinski definition) is 2. The fourth-order valence-electron chi connectivity index (χ4n) is 2.23. The highest BCUT2D eigenvalue weighted by molar-refractivity contribution is 6.04. The van der Waals surface area contributed by atoms with Crippen LogP contribution in [0.3, 0.4) is 0 Å². The fraction of sp³-hybridized carbons (Fsp3) is 0.200. The van der Waals surface area contributed by atoms with Crippen LogP contribution in [0.1, 0.15) is 12.0 Å². The standard InChI is InChI=1S/C15H15NO/c16-9-3-4-11-7-8-15-13(10-11)12-5-1-2-6-14(12)17-15/h1-2,5-8,10H,3-4,9,16H2. The Kier molecular flexibility index (Phi) is 2.57. The van der Waals surface area contributed by atoms with E-state index in [0.29, 0.717) is 0 Å². The van der Waals surface area contributed by atoms with Crippen molar-refractivity contribution in [1.82, 2.24) is 0 Å². The molecule has 86 valence electrons. The van der Waals surface area contributed by atoms with Gasteiger partial charge in [0.15, 0.2) is 0 Å². The molecule has 0 bridgehead atoms. The van der Waals surface area contributed by atoms with E-state index in [4.69, 9.17) is 10.2 Å². The van der Waals surface area contributed by atoms with Gasteiger partial charge in [0.1, 0.15) is 11.2 Å². The average molecular weight is 225 g/mol. The van der Waals surface area contributed by atoms with Gasteiger partial charge in [-0.2, -0.15) is 0 Å². The van der Waals surface area contributed by atoms with E-state index in [1.54, 1.807) is 0 Å². The molecule has 0 aliphatic carbocycles. The van der Waals surface area contributed by atoms with Gasteiger partial charge in [-0.05, 0) is 43.1 Å². The van der Waals surface area contributed by atoms with Gasteiger partial charge in [-0.15, -0.1) is 0 Å². The quantitative estimate of drug-likeness (QED) is 0.741. The van der Waals surface area contributed by atoms with Gasteiger partial charge in [-0.25, -0.2) is 0 Å². The zero-order valence-corrected chi connectivity index (χ0v) is 9.65. The fourth-order valence-corrected chi connectivity index (χ4v) is 2.23. The first-order valence-electron chi connectivity index (χ1n) is 5.99. The maximum absolute atomic E-state index is 5.79. The summed E-state index contributed by atoms with van der Waals surface area (Å²) in [5.41, 5.74) is 8.79. The van der Waals surface area contributed by atoms with E-state index in [2.05, 4.69) is 24.3 Å². The van der Waals surface area contributed by atoms with Gasteiger partial charge >= 0.3 is 0 Å². The Bertz CT molecular complexity index is 654. The molecule has 17 heavy (non-hydrogen) atoms. The molecule has 0 radical (unpaired) electrons. The molecule has 3 rings (SSSR count). The molecule has 0 saturated heterocycles. The van der Waals surface area contributed by atoms with Crippen molar-refractivity contribution in [3.63, 3.8) is 0 Å². The summed E-state index contributed by atoms with van der Waals surface area (Å²) in [6.07, 6.45) is 2.06. The molecule has 1 aromatic heterocycles. The summed E-state index contributed by atoms with van der Waals surface area (Å²) < 4.78 is 5.79. The molecule has 1 heterocycles. The minimum absolute atomic E-state index is 0.740. The number of aryl methyl sites for hydroxylation is 1. The lowest BCUT2D eigenvalue weighted by Gasteiger charge is -1.99. The number of rotatable bonds is 3. The molecule has 0 unspecified atom stereocenters. The number of benzene rings is 2. The monoisotopic (exact) mass is 225 g/mol. The van der Waals surface area contributed by atoms with Crippen molar-refractivity contribution in [3.05, 3.63) is 48.0 Å². The summed E-state index contributed by atoms with van der Waals surface area (Å²) in [7, 11) is 0. The maximum atomic E-state index is 5.79. The maximum Gasteiger partial charge on any atom is 0.135 e. The Balaban J connectivity index is 2.16. The van der Waals surface area contributed by atoms with Crippen molar-refractivity contribution in [1.29, 1.82) is 0 Å². The van der Waals surface area contributed by atoms with Crippen LogP contribution in [0.5, 0.6) is 0 Å². The molecule has 0 aliphatic heterocycles. The number of hydrogen-bond donors (Lipinski definition) is 1. The number of furan rings is 1. The van der Waals surface area contributed by atoms with Crippen LogP contribution in [0.25, 0.3) is 21.9 Å². The second-order valence-electron chi connectivity index (χ2n) is 4.32. The molecule has 3 aromatic rings. The largest absolute Gasteiger partial charge is 0.456 e. The van der Waals surface area contributed by atoms with Crippen LogP contribution in [0, 0.1) is 0 Å². The van der Waals surface area contributed by atoms with E-state index in [9.17, 15) is 0 Å². The molecule has 0 spiro atoms. The third kappa shape index (κ3) is 1.81. The smallest absolute Gasteiger partial charge is 0.135 e. The van der Waals surface area contributed by atoms with Crippen LogP contribution < -0.4 is 5.73 Å². The van der Waals surface area contributed by atoms with E-state index in [1.807, 2.05) is 18.2 Å². The van der Waals surface area contributed by atoms with Crippen molar-refractivity contribution in [2.45, 2.75) is 12.8 Å². The van der Waals surface area contributed by atoms with E-state index in [-0.39, 0.29) is 0 Å². The third-order valence-electron chi connectivity index (χ3n) is 3.11. The number of para-hydroxylation sites is 1. The molecule has 0 aliphatic rings. The van der Waals surface area contributed by atoms with Gasteiger partial charge in [0.25, 0.3) is 0 Å². The minimum atomic E-state index is 0.740. The highest BCUT2D eigenvalue weighted by Crippen LogP contribution is 2.29. The van der Waals surface area contributed by atoms with Gasteiger partial charge in [-0.1, -0.05) is 24.3 Å². The Morgan fingerprint density at radius 1 is 0.941 bits per heavy atom. The predicted octanol–water partition coefficient (Wildman–Crippen LogP) is 3.48. The summed E-state index contributed by atoms with van der Waals surface area (Å²) in [5, 5.41) is 2.40. The van der Waals surface area contributed by atoms with Gasteiger partial charge in [0, 0.05) is 10.8 Å². The zero-order chi connectivity index (χ0) is 11.7. The molecule has 2 N–H and O–H groups in total. The highest BCUT2D eigenvalue weighted by Gasteiger charge is 2.06. The summed E-state index contributed by atoms with van der Waals surface area (Å²) >= 11 is 0. The first kappa shape index (κ1) is 10.4. The molecule has 0 amide bonds. The Morgan fingerprint density at radius 2 is 1.76 bits per heavy atom. The number of fused-ring (bicyclic) bond motifs is 3. The van der Waals surface area contributed by atoms with Gasteiger partial charge in [-0.3, -0.25) is 0 Å². The highest BCUT2D eigenvalue weighted by atomic mass is 16.3. The lowest BCUT2D eigenvalue weighted by Crippen LogP contribution is -2.00. The number of nitrogens with two attached hydrogens (primary N) is 1. The first-order chi connectivity index (χ1) is 8.38. The SMILES string of the molecule is NCCCc1ccc2oc3ccccc3c2c1. The molecule has 0 atom stereocenters. The Labute approximate surface area is 100 Å². The summed E-state index contributed by atoms with van der Waals surface area (Å²) in [5.74, 6) is 0.